The molecule has 4 bridgehead atoms. The Morgan fingerprint density at radius 3 is 2.33 bits per heavy atom. The minimum absolute atomic E-state index is 0.0812. The molecule has 4 aliphatic carbocycles. The number of carbonyl (C=O) groups is 1. The summed E-state index contributed by atoms with van der Waals surface area (Å²) in [7, 11) is 0. The van der Waals surface area contributed by atoms with Crippen LogP contribution in [0.5, 0.6) is 11.5 Å². The van der Waals surface area contributed by atoms with Gasteiger partial charge in [-0.3, -0.25) is 4.79 Å². The van der Waals surface area contributed by atoms with E-state index in [0.717, 1.165) is 48.5 Å². The first-order chi connectivity index (χ1) is 11.7. The number of fused-ring (bicyclic) bond motifs is 1. The molecule has 1 heterocycles. The fourth-order valence-corrected chi connectivity index (χ4v) is 5.95. The second kappa shape index (κ2) is 5.40. The van der Waals surface area contributed by atoms with Crippen LogP contribution >= 0.6 is 0 Å². The van der Waals surface area contributed by atoms with Gasteiger partial charge in [-0.25, -0.2) is 0 Å². The lowest BCUT2D eigenvalue weighted by Gasteiger charge is -2.55. The van der Waals surface area contributed by atoms with Crippen molar-refractivity contribution in [3.63, 3.8) is 0 Å². The zero-order valence-electron chi connectivity index (χ0n) is 14.0. The first kappa shape index (κ1) is 14.6. The van der Waals surface area contributed by atoms with Crippen molar-refractivity contribution in [2.24, 2.45) is 23.2 Å². The van der Waals surface area contributed by atoms with Crippen LogP contribution in [0.3, 0.4) is 0 Å². The fourth-order valence-electron chi connectivity index (χ4n) is 5.95. The van der Waals surface area contributed by atoms with Gasteiger partial charge in [0.05, 0.1) is 6.54 Å². The standard InChI is InChI=1S/C20H25NO3/c22-19(20-8-13-5-14(9-20)7-15(6-13)10-20)21-11-16-12-23-17-3-1-2-4-18(17)24-16/h1-4,13-16H,5-12H2,(H,21,22)/t13?,14?,15?,16-,20?/m0/s1. The molecule has 4 fully saturated rings. The molecular weight excluding hydrogens is 302 g/mol. The van der Waals surface area contributed by atoms with Crippen molar-refractivity contribution in [3.05, 3.63) is 24.3 Å². The van der Waals surface area contributed by atoms with E-state index in [1.165, 1.54) is 19.3 Å². The molecule has 0 saturated heterocycles. The average Bonchev–Trinajstić information content (AvgIpc) is 2.58. The van der Waals surface area contributed by atoms with Crippen LogP contribution in [0.1, 0.15) is 38.5 Å². The highest BCUT2D eigenvalue weighted by molar-refractivity contribution is 5.83. The van der Waals surface area contributed by atoms with Crippen molar-refractivity contribution in [1.29, 1.82) is 0 Å². The number of ether oxygens (including phenoxy) is 2. The highest BCUT2D eigenvalue weighted by Gasteiger charge is 2.54. The molecule has 1 amide bonds. The minimum atomic E-state index is -0.0993. The van der Waals surface area contributed by atoms with Gasteiger partial charge in [0.15, 0.2) is 11.5 Å². The first-order valence-electron chi connectivity index (χ1n) is 9.37. The third-order valence-corrected chi connectivity index (χ3v) is 6.58. The molecule has 1 aromatic carbocycles. The van der Waals surface area contributed by atoms with Gasteiger partial charge in [0.2, 0.25) is 5.91 Å². The van der Waals surface area contributed by atoms with Gasteiger partial charge in [-0.1, -0.05) is 12.1 Å². The van der Waals surface area contributed by atoms with Crippen LogP contribution in [0.4, 0.5) is 0 Å². The largest absolute Gasteiger partial charge is 0.486 e. The van der Waals surface area contributed by atoms with E-state index >= 15 is 0 Å². The van der Waals surface area contributed by atoms with E-state index in [0.29, 0.717) is 13.2 Å². The Morgan fingerprint density at radius 1 is 1.04 bits per heavy atom. The molecule has 1 atom stereocenters. The number of nitrogens with one attached hydrogen (secondary N) is 1. The second-order valence-corrected chi connectivity index (χ2v) is 8.41. The van der Waals surface area contributed by atoms with Crippen molar-refractivity contribution in [3.8, 4) is 11.5 Å². The first-order valence-corrected chi connectivity index (χ1v) is 9.37. The summed E-state index contributed by atoms with van der Waals surface area (Å²) in [4.78, 5) is 13.0. The molecular formula is C20H25NO3. The van der Waals surface area contributed by atoms with Gasteiger partial charge < -0.3 is 14.8 Å². The Kier molecular flexibility index (Phi) is 3.29. The van der Waals surface area contributed by atoms with Crippen molar-refractivity contribution in [1.82, 2.24) is 5.32 Å². The molecule has 4 saturated carbocycles. The minimum Gasteiger partial charge on any atom is -0.486 e. The van der Waals surface area contributed by atoms with Crippen LogP contribution in [-0.4, -0.2) is 25.2 Å². The van der Waals surface area contributed by atoms with Crippen molar-refractivity contribution in [2.45, 2.75) is 44.6 Å². The summed E-state index contributed by atoms with van der Waals surface area (Å²) in [5.74, 6) is 4.22. The van der Waals surface area contributed by atoms with Gasteiger partial charge in [0, 0.05) is 5.41 Å². The third kappa shape index (κ3) is 2.38. The number of benzene rings is 1. The highest BCUT2D eigenvalue weighted by atomic mass is 16.6. The van der Waals surface area contributed by atoms with Crippen LogP contribution in [-0.2, 0) is 4.79 Å². The van der Waals surface area contributed by atoms with E-state index in [1.54, 1.807) is 0 Å². The maximum Gasteiger partial charge on any atom is 0.226 e. The molecule has 5 aliphatic rings. The lowest BCUT2D eigenvalue weighted by molar-refractivity contribution is -0.146. The molecule has 1 aliphatic heterocycles. The number of rotatable bonds is 3. The Balaban J connectivity index is 1.22. The summed E-state index contributed by atoms with van der Waals surface area (Å²) < 4.78 is 11.7. The van der Waals surface area contributed by atoms with E-state index in [4.69, 9.17) is 9.47 Å². The number of amides is 1. The van der Waals surface area contributed by atoms with Gasteiger partial charge in [-0.2, -0.15) is 0 Å². The monoisotopic (exact) mass is 327 g/mol. The highest BCUT2D eigenvalue weighted by Crippen LogP contribution is 2.60. The van der Waals surface area contributed by atoms with E-state index in [2.05, 4.69) is 5.32 Å². The zero-order valence-corrected chi connectivity index (χ0v) is 14.0. The molecule has 4 nitrogen and oxygen atoms in total. The Labute approximate surface area is 142 Å². The smallest absolute Gasteiger partial charge is 0.226 e. The molecule has 1 aromatic rings. The number of hydrogen-bond donors (Lipinski definition) is 1. The number of para-hydroxylation sites is 2. The summed E-state index contributed by atoms with van der Waals surface area (Å²) >= 11 is 0. The van der Waals surface area contributed by atoms with E-state index in [9.17, 15) is 4.79 Å². The topological polar surface area (TPSA) is 47.6 Å². The Morgan fingerprint density at radius 2 is 1.67 bits per heavy atom. The summed E-state index contributed by atoms with van der Waals surface area (Å²) in [5.41, 5.74) is -0.0812. The maximum absolute atomic E-state index is 13.0. The SMILES string of the molecule is O=C(NC[C@H]1COc2ccccc2O1)C12CC3CC(CC(C3)C1)C2. The van der Waals surface area contributed by atoms with E-state index in [1.807, 2.05) is 24.3 Å². The van der Waals surface area contributed by atoms with Gasteiger partial charge in [-0.15, -0.1) is 0 Å². The van der Waals surface area contributed by atoms with Gasteiger partial charge >= 0.3 is 0 Å². The molecule has 0 unspecified atom stereocenters. The van der Waals surface area contributed by atoms with Crippen LogP contribution in [0.25, 0.3) is 0 Å². The fraction of sp³-hybridized carbons (Fsp3) is 0.650. The van der Waals surface area contributed by atoms with Gasteiger partial charge in [-0.05, 0) is 68.4 Å². The predicted molar refractivity (Wildman–Crippen MR) is 90.0 cm³/mol. The zero-order chi connectivity index (χ0) is 16.1. The van der Waals surface area contributed by atoms with Crippen molar-refractivity contribution < 1.29 is 14.3 Å². The van der Waals surface area contributed by atoms with Crippen molar-refractivity contribution >= 4 is 5.91 Å². The van der Waals surface area contributed by atoms with Crippen LogP contribution in [0, 0.1) is 23.2 Å². The summed E-state index contributed by atoms with van der Waals surface area (Å²) in [6.07, 6.45) is 7.31. The molecule has 6 rings (SSSR count). The second-order valence-electron chi connectivity index (χ2n) is 8.41. The van der Waals surface area contributed by atoms with Crippen LogP contribution in [0.15, 0.2) is 24.3 Å². The number of carbonyl (C=O) groups excluding carboxylic acids is 1. The molecule has 24 heavy (non-hydrogen) atoms. The molecule has 0 radical (unpaired) electrons. The number of hydrogen-bond acceptors (Lipinski definition) is 3. The normalized spacial score (nSPS) is 38.8. The molecule has 0 aromatic heterocycles. The Hall–Kier alpha value is -1.71. The predicted octanol–water partition coefficient (Wildman–Crippen LogP) is 3.16. The third-order valence-electron chi connectivity index (χ3n) is 6.58. The summed E-state index contributed by atoms with van der Waals surface area (Å²) in [6.45, 7) is 1.03. The summed E-state index contributed by atoms with van der Waals surface area (Å²) in [5, 5.41) is 3.20. The molecule has 128 valence electrons. The molecule has 4 heteroatoms. The van der Waals surface area contributed by atoms with Crippen LogP contribution in [0.2, 0.25) is 0 Å². The van der Waals surface area contributed by atoms with Gasteiger partial charge in [0.1, 0.15) is 12.7 Å². The lowest BCUT2D eigenvalue weighted by Crippen LogP contribution is -2.55. The molecule has 0 spiro atoms. The van der Waals surface area contributed by atoms with Crippen molar-refractivity contribution in [2.75, 3.05) is 13.2 Å². The quantitative estimate of drug-likeness (QED) is 0.928. The lowest BCUT2D eigenvalue weighted by atomic mass is 9.49. The average molecular weight is 327 g/mol. The summed E-state index contributed by atoms with van der Waals surface area (Å²) in [6, 6.07) is 7.72. The Bertz CT molecular complexity index is 621. The van der Waals surface area contributed by atoms with Gasteiger partial charge in [0.25, 0.3) is 0 Å². The van der Waals surface area contributed by atoms with E-state index < -0.39 is 0 Å². The van der Waals surface area contributed by atoms with Crippen LogP contribution < -0.4 is 14.8 Å². The maximum atomic E-state index is 13.0. The van der Waals surface area contributed by atoms with E-state index in [-0.39, 0.29) is 17.4 Å². The molecule has 1 N–H and O–H groups in total.